The zero-order valence-electron chi connectivity index (χ0n) is 21.4. The third-order valence-corrected chi connectivity index (χ3v) is 6.25. The second-order valence-electron chi connectivity index (χ2n) is 9.69. The summed E-state index contributed by atoms with van der Waals surface area (Å²) in [6, 6.07) is 14.1. The van der Waals surface area contributed by atoms with E-state index >= 15 is 0 Å². The van der Waals surface area contributed by atoms with Gasteiger partial charge in [-0.3, -0.25) is 14.0 Å². The number of aromatic nitrogens is 2. The molecule has 7 nitrogen and oxygen atoms in total. The van der Waals surface area contributed by atoms with Crippen LogP contribution in [0, 0.1) is 25.6 Å². The first-order valence-electron chi connectivity index (χ1n) is 12.2. The number of carboxylic acid groups (broad SMARTS) is 1. The summed E-state index contributed by atoms with van der Waals surface area (Å²) >= 11 is 0. The number of carboxylic acids is 1. The smallest absolute Gasteiger partial charge is 0.305 e. The number of carbonyl (C=O) groups excluding carboxylic acids is 1. The number of aryl methyl sites for hydroxylation is 2. The van der Waals surface area contributed by atoms with Crippen molar-refractivity contribution < 1.29 is 19.1 Å². The van der Waals surface area contributed by atoms with Gasteiger partial charge in [0.05, 0.1) is 23.7 Å². The van der Waals surface area contributed by atoms with Gasteiger partial charge in [-0.25, -0.2) is 9.37 Å². The van der Waals surface area contributed by atoms with E-state index < -0.39 is 23.7 Å². The Morgan fingerprint density at radius 2 is 1.70 bits per heavy atom. The molecule has 1 atom stereocenters. The number of amides is 1. The van der Waals surface area contributed by atoms with Gasteiger partial charge in [0.15, 0.2) is 5.65 Å². The number of rotatable bonds is 9. The fraction of sp³-hybridized carbons (Fsp3) is 0.276. The van der Waals surface area contributed by atoms with E-state index in [2.05, 4.69) is 24.5 Å². The molecule has 2 aromatic heterocycles. The predicted molar refractivity (Wildman–Crippen MR) is 142 cm³/mol. The third-order valence-electron chi connectivity index (χ3n) is 6.25. The second kappa shape index (κ2) is 10.8. The molecule has 192 valence electrons. The summed E-state index contributed by atoms with van der Waals surface area (Å²) in [6.07, 6.45) is 2.22. The zero-order valence-corrected chi connectivity index (χ0v) is 21.4. The summed E-state index contributed by atoms with van der Waals surface area (Å²) in [5, 5.41) is 15.8. The zero-order chi connectivity index (χ0) is 26.7. The van der Waals surface area contributed by atoms with Crippen LogP contribution in [0.15, 0.2) is 60.8 Å². The Morgan fingerprint density at radius 1 is 1.03 bits per heavy atom. The number of halogens is 1. The molecule has 2 heterocycles. The van der Waals surface area contributed by atoms with Gasteiger partial charge in [0, 0.05) is 11.9 Å². The van der Waals surface area contributed by atoms with Gasteiger partial charge in [-0.2, -0.15) is 0 Å². The number of nitrogens with zero attached hydrogens (tertiary/aromatic N) is 2. The van der Waals surface area contributed by atoms with Crippen molar-refractivity contribution in [2.24, 2.45) is 5.92 Å². The largest absolute Gasteiger partial charge is 0.481 e. The topological polar surface area (TPSA) is 95.7 Å². The first kappa shape index (κ1) is 25.9. The molecule has 0 bridgehead atoms. The summed E-state index contributed by atoms with van der Waals surface area (Å²) < 4.78 is 15.3. The molecule has 0 aliphatic heterocycles. The first-order valence-corrected chi connectivity index (χ1v) is 12.2. The molecule has 8 heteroatoms. The monoisotopic (exact) mass is 502 g/mol. The summed E-state index contributed by atoms with van der Waals surface area (Å²) in [5.74, 6) is -0.850. The number of imidazole rings is 1. The van der Waals surface area contributed by atoms with E-state index in [4.69, 9.17) is 4.98 Å². The van der Waals surface area contributed by atoms with Crippen LogP contribution >= 0.6 is 0 Å². The van der Waals surface area contributed by atoms with Gasteiger partial charge in [-0.1, -0.05) is 44.2 Å². The highest BCUT2D eigenvalue weighted by Gasteiger charge is 2.23. The molecular formula is C29H31FN4O3. The van der Waals surface area contributed by atoms with Crippen LogP contribution in [-0.2, 0) is 11.2 Å². The predicted octanol–water partition coefficient (Wildman–Crippen LogP) is 5.98. The van der Waals surface area contributed by atoms with Crippen LogP contribution in [0.3, 0.4) is 0 Å². The fourth-order valence-electron chi connectivity index (χ4n) is 4.44. The van der Waals surface area contributed by atoms with Gasteiger partial charge in [0.2, 0.25) is 0 Å². The Labute approximate surface area is 215 Å². The molecule has 1 amide bonds. The van der Waals surface area contributed by atoms with E-state index in [1.54, 1.807) is 12.1 Å². The average Bonchev–Trinajstić information content (AvgIpc) is 3.17. The van der Waals surface area contributed by atoms with Crippen LogP contribution in [0.2, 0.25) is 0 Å². The number of fused-ring (bicyclic) bond motifs is 1. The number of hydrogen-bond acceptors (Lipinski definition) is 4. The number of nitrogens with one attached hydrogen (secondary N) is 2. The van der Waals surface area contributed by atoms with Gasteiger partial charge in [-0.15, -0.1) is 0 Å². The lowest BCUT2D eigenvalue weighted by molar-refractivity contribution is -0.137. The summed E-state index contributed by atoms with van der Waals surface area (Å²) in [7, 11) is 0. The van der Waals surface area contributed by atoms with Gasteiger partial charge in [0.1, 0.15) is 11.6 Å². The number of anilines is 2. The van der Waals surface area contributed by atoms with Crippen molar-refractivity contribution in [1.82, 2.24) is 14.7 Å². The maximum Gasteiger partial charge on any atom is 0.305 e. The molecule has 4 aromatic rings. The van der Waals surface area contributed by atoms with Gasteiger partial charge in [0.25, 0.3) is 5.91 Å². The molecule has 0 saturated carbocycles. The number of aliphatic carboxylic acids is 1. The molecule has 1 unspecified atom stereocenters. The van der Waals surface area contributed by atoms with Gasteiger partial charge in [-0.05, 0) is 67.1 Å². The van der Waals surface area contributed by atoms with Crippen LogP contribution in [-0.4, -0.2) is 26.4 Å². The van der Waals surface area contributed by atoms with Crippen molar-refractivity contribution in [3.63, 3.8) is 0 Å². The molecule has 4 rings (SSSR count). The maximum atomic E-state index is 13.4. The highest BCUT2D eigenvalue weighted by Crippen LogP contribution is 2.30. The van der Waals surface area contributed by atoms with Crippen molar-refractivity contribution in [2.45, 2.75) is 46.6 Å². The van der Waals surface area contributed by atoms with Crippen molar-refractivity contribution in [3.8, 4) is 0 Å². The lowest BCUT2D eigenvalue weighted by Crippen LogP contribution is -2.30. The lowest BCUT2D eigenvalue weighted by atomic mass is 10.0. The molecule has 3 N–H and O–H groups in total. The number of pyridine rings is 1. The Hall–Kier alpha value is -4.20. The van der Waals surface area contributed by atoms with Crippen LogP contribution < -0.4 is 10.6 Å². The molecule has 0 aliphatic carbocycles. The second-order valence-corrected chi connectivity index (χ2v) is 9.69. The van der Waals surface area contributed by atoms with E-state index in [-0.39, 0.29) is 6.42 Å². The minimum Gasteiger partial charge on any atom is -0.481 e. The SMILES string of the molecule is Cc1cccc(C)c1Nc1c(CC(C)C)nc2c(C(=O)NC(CC(=O)O)c3ccc(F)cc3)cccn12. The minimum absolute atomic E-state index is 0.319. The minimum atomic E-state index is -1.08. The number of benzene rings is 2. The first-order chi connectivity index (χ1) is 17.6. The number of carbonyl (C=O) groups is 2. The number of hydrogen-bond donors (Lipinski definition) is 3. The Balaban J connectivity index is 1.75. The van der Waals surface area contributed by atoms with Crippen LogP contribution in [0.1, 0.15) is 59.1 Å². The molecule has 0 aliphatic rings. The van der Waals surface area contributed by atoms with Gasteiger partial charge < -0.3 is 15.7 Å². The van der Waals surface area contributed by atoms with Crippen molar-refractivity contribution in [3.05, 3.63) is 94.6 Å². The molecule has 37 heavy (non-hydrogen) atoms. The molecule has 0 radical (unpaired) electrons. The van der Waals surface area contributed by atoms with Gasteiger partial charge >= 0.3 is 5.97 Å². The normalized spacial score (nSPS) is 12.1. The summed E-state index contributed by atoms with van der Waals surface area (Å²) in [5.41, 5.74) is 5.30. The molecule has 0 spiro atoms. The maximum absolute atomic E-state index is 13.4. The van der Waals surface area contributed by atoms with Crippen molar-refractivity contribution in [2.75, 3.05) is 5.32 Å². The van der Waals surface area contributed by atoms with E-state index in [9.17, 15) is 19.1 Å². The quantitative estimate of drug-likeness (QED) is 0.262. The van der Waals surface area contributed by atoms with Crippen LogP contribution in [0.25, 0.3) is 5.65 Å². The number of para-hydroxylation sites is 1. The molecule has 2 aromatic carbocycles. The van der Waals surface area contributed by atoms with E-state index in [1.807, 2.05) is 42.6 Å². The van der Waals surface area contributed by atoms with E-state index in [0.29, 0.717) is 29.1 Å². The Morgan fingerprint density at radius 3 is 2.32 bits per heavy atom. The summed E-state index contributed by atoms with van der Waals surface area (Å²) in [4.78, 5) is 29.8. The lowest BCUT2D eigenvalue weighted by Gasteiger charge is -2.18. The van der Waals surface area contributed by atoms with Crippen molar-refractivity contribution >= 4 is 29.0 Å². The Kier molecular flexibility index (Phi) is 7.57. The fourth-order valence-corrected chi connectivity index (χ4v) is 4.44. The summed E-state index contributed by atoms with van der Waals surface area (Å²) in [6.45, 7) is 8.30. The highest BCUT2D eigenvalue weighted by atomic mass is 19.1. The molecule has 0 saturated heterocycles. The van der Waals surface area contributed by atoms with E-state index in [0.717, 1.165) is 28.3 Å². The van der Waals surface area contributed by atoms with Crippen LogP contribution in [0.5, 0.6) is 0 Å². The Bertz CT molecular complexity index is 1420. The standard InChI is InChI=1S/C29H31FN4O3/c1-17(2)15-24-28(33-26-18(3)7-5-8-19(26)4)34-14-6-9-22(27(34)31-24)29(37)32-23(16-25(35)36)20-10-12-21(30)13-11-20/h5-14,17,23,33H,15-16H2,1-4H3,(H,32,37)(H,35,36). The third kappa shape index (κ3) is 5.80. The van der Waals surface area contributed by atoms with Crippen molar-refractivity contribution in [1.29, 1.82) is 0 Å². The molecule has 0 fully saturated rings. The van der Waals surface area contributed by atoms with Crippen LogP contribution in [0.4, 0.5) is 15.9 Å². The highest BCUT2D eigenvalue weighted by molar-refractivity contribution is 6.00. The molecular weight excluding hydrogens is 471 g/mol. The average molecular weight is 503 g/mol. The van der Waals surface area contributed by atoms with E-state index in [1.165, 1.54) is 24.3 Å².